The van der Waals surface area contributed by atoms with Crippen LogP contribution in [-0.2, 0) is 14.8 Å². The summed E-state index contributed by atoms with van der Waals surface area (Å²) in [5.74, 6) is -0.377. The van der Waals surface area contributed by atoms with E-state index in [1.165, 1.54) is 16.4 Å². The van der Waals surface area contributed by atoms with Crippen molar-refractivity contribution in [3.8, 4) is 0 Å². The van der Waals surface area contributed by atoms with Crippen LogP contribution >= 0.6 is 11.6 Å². The predicted octanol–water partition coefficient (Wildman–Crippen LogP) is 3.38. The smallest absolute Gasteiger partial charge is 0.246 e. The Morgan fingerprint density at radius 3 is 2.64 bits per heavy atom. The molecule has 25 heavy (non-hydrogen) atoms. The van der Waals surface area contributed by atoms with E-state index in [4.69, 9.17) is 11.6 Å². The van der Waals surface area contributed by atoms with Crippen molar-refractivity contribution in [2.24, 2.45) is 0 Å². The van der Waals surface area contributed by atoms with Crippen LogP contribution in [0, 0.1) is 0 Å². The molecule has 3 rings (SSSR count). The van der Waals surface area contributed by atoms with Crippen LogP contribution < -0.4 is 5.32 Å². The van der Waals surface area contributed by atoms with Gasteiger partial charge in [0.25, 0.3) is 0 Å². The zero-order chi connectivity index (χ0) is 18.0. The predicted molar refractivity (Wildman–Crippen MR) is 98.9 cm³/mol. The Hall–Kier alpha value is -2.15. The summed E-state index contributed by atoms with van der Waals surface area (Å²) >= 11 is 5.95. The van der Waals surface area contributed by atoms with Gasteiger partial charge < -0.3 is 5.32 Å². The summed E-state index contributed by atoms with van der Waals surface area (Å²) in [7, 11) is -3.86. The lowest BCUT2D eigenvalue weighted by molar-refractivity contribution is -0.119. The average molecular weight is 377 g/mol. The lowest BCUT2D eigenvalue weighted by atomic mass is 10.2. The Kier molecular flexibility index (Phi) is 4.94. The normalized spacial score (nSPS) is 20.1. The second-order valence-electron chi connectivity index (χ2n) is 5.69. The lowest BCUT2D eigenvalue weighted by Crippen LogP contribution is -2.43. The van der Waals surface area contributed by atoms with Gasteiger partial charge in [-0.05, 0) is 30.7 Å². The number of benzene rings is 2. The van der Waals surface area contributed by atoms with E-state index in [0.717, 1.165) is 5.56 Å². The highest BCUT2D eigenvalue weighted by atomic mass is 35.5. The number of carbonyl (C=O) groups is 1. The Morgan fingerprint density at radius 1 is 1.20 bits per heavy atom. The molecule has 0 radical (unpaired) electrons. The Bertz CT molecular complexity index is 927. The monoisotopic (exact) mass is 376 g/mol. The van der Waals surface area contributed by atoms with E-state index < -0.39 is 16.1 Å². The fourth-order valence-electron chi connectivity index (χ4n) is 2.63. The second kappa shape index (κ2) is 7.00. The van der Waals surface area contributed by atoms with Crippen molar-refractivity contribution < 1.29 is 13.2 Å². The van der Waals surface area contributed by atoms with Gasteiger partial charge in [-0.25, -0.2) is 8.42 Å². The maximum atomic E-state index is 13.0. The van der Waals surface area contributed by atoms with Crippen molar-refractivity contribution >= 4 is 39.3 Å². The quantitative estimate of drug-likeness (QED) is 0.892. The van der Waals surface area contributed by atoms with Crippen LogP contribution in [0.4, 0.5) is 5.69 Å². The van der Waals surface area contributed by atoms with Crippen LogP contribution in [0.2, 0.25) is 5.02 Å². The first kappa shape index (κ1) is 17.7. The van der Waals surface area contributed by atoms with Crippen LogP contribution in [0.5, 0.6) is 0 Å². The Labute approximate surface area is 152 Å². The lowest BCUT2D eigenvalue weighted by Gasteiger charge is -2.23. The molecule has 2 aromatic carbocycles. The van der Waals surface area contributed by atoms with Crippen molar-refractivity contribution in [1.82, 2.24) is 4.31 Å². The number of hydrogen-bond donors (Lipinski definition) is 1. The zero-order valence-electron chi connectivity index (χ0n) is 13.5. The molecule has 0 aromatic heterocycles. The molecule has 1 aliphatic heterocycles. The summed E-state index contributed by atoms with van der Waals surface area (Å²) in [6.07, 6.45) is 3.55. The van der Waals surface area contributed by atoms with E-state index in [-0.39, 0.29) is 23.0 Å². The van der Waals surface area contributed by atoms with Crippen molar-refractivity contribution in [2.75, 3.05) is 11.9 Å². The van der Waals surface area contributed by atoms with Crippen molar-refractivity contribution in [2.45, 2.75) is 17.9 Å². The summed E-state index contributed by atoms with van der Waals surface area (Å²) in [6.45, 7) is 1.65. The number of nitrogens with zero attached hydrogens (tertiary/aromatic N) is 1. The van der Waals surface area contributed by atoms with Crippen LogP contribution in [-0.4, -0.2) is 31.2 Å². The van der Waals surface area contributed by atoms with Gasteiger partial charge in [-0.2, -0.15) is 4.31 Å². The molecule has 1 aliphatic rings. The summed E-state index contributed by atoms with van der Waals surface area (Å²) in [5.41, 5.74) is 1.20. The number of hydrogen-bond acceptors (Lipinski definition) is 3. The van der Waals surface area contributed by atoms with Gasteiger partial charge in [0, 0.05) is 11.6 Å². The maximum absolute atomic E-state index is 13.0. The van der Waals surface area contributed by atoms with Gasteiger partial charge in [0.05, 0.1) is 5.69 Å². The number of nitrogens with one attached hydrogen (secondary N) is 1. The van der Waals surface area contributed by atoms with E-state index in [1.807, 2.05) is 36.4 Å². The summed E-state index contributed by atoms with van der Waals surface area (Å²) in [4.78, 5) is 12.3. The number of anilines is 1. The van der Waals surface area contributed by atoms with Crippen molar-refractivity contribution in [3.05, 3.63) is 65.2 Å². The Balaban J connectivity index is 1.96. The maximum Gasteiger partial charge on any atom is 0.246 e. The van der Waals surface area contributed by atoms with E-state index in [2.05, 4.69) is 5.32 Å². The first-order chi connectivity index (χ1) is 11.9. The number of rotatable bonds is 3. The van der Waals surface area contributed by atoms with E-state index in [0.29, 0.717) is 5.02 Å². The fourth-order valence-corrected chi connectivity index (χ4v) is 4.59. The van der Waals surface area contributed by atoms with Crippen molar-refractivity contribution in [3.63, 3.8) is 0 Å². The highest BCUT2D eigenvalue weighted by Gasteiger charge is 2.37. The summed E-state index contributed by atoms with van der Waals surface area (Å²) in [6, 6.07) is 13.1. The van der Waals surface area contributed by atoms with Crippen molar-refractivity contribution in [1.29, 1.82) is 0 Å². The summed E-state index contributed by atoms with van der Waals surface area (Å²) in [5, 5.41) is 2.95. The van der Waals surface area contributed by atoms with Crippen LogP contribution in [0.3, 0.4) is 0 Å². The number of sulfonamides is 1. The molecule has 0 saturated carbocycles. The third-order valence-electron chi connectivity index (χ3n) is 3.99. The van der Waals surface area contributed by atoms with Crippen LogP contribution in [0.25, 0.3) is 6.08 Å². The average Bonchev–Trinajstić information content (AvgIpc) is 2.65. The zero-order valence-corrected chi connectivity index (χ0v) is 15.1. The largest absolute Gasteiger partial charge is 0.323 e. The molecule has 1 atom stereocenters. The molecule has 2 aromatic rings. The third kappa shape index (κ3) is 3.61. The standard InChI is InChI=1S/C18H17ClN2O3S/c1-13-18(22)20-16-10-9-15(19)12-17(16)25(23,24)21(13)11-5-8-14-6-3-2-4-7-14/h2-10,12-13H,11H2,1H3,(H,20,22). The van der Waals surface area contributed by atoms with Gasteiger partial charge in [-0.15, -0.1) is 0 Å². The van der Waals surface area contributed by atoms with Gasteiger partial charge >= 0.3 is 0 Å². The molecule has 1 heterocycles. The molecule has 0 spiro atoms. The highest BCUT2D eigenvalue weighted by Crippen LogP contribution is 2.32. The van der Waals surface area contributed by atoms with Crippen LogP contribution in [0.1, 0.15) is 12.5 Å². The molecule has 1 unspecified atom stereocenters. The minimum absolute atomic E-state index is 0.00538. The van der Waals surface area contributed by atoms with E-state index in [1.54, 1.807) is 19.1 Å². The summed E-state index contributed by atoms with van der Waals surface area (Å²) < 4.78 is 27.2. The topological polar surface area (TPSA) is 66.5 Å². The highest BCUT2D eigenvalue weighted by molar-refractivity contribution is 7.89. The van der Waals surface area contributed by atoms with Gasteiger partial charge in [0.15, 0.2) is 0 Å². The second-order valence-corrected chi connectivity index (χ2v) is 7.99. The first-order valence-electron chi connectivity index (χ1n) is 7.73. The number of halogens is 1. The van der Waals surface area contributed by atoms with Gasteiger partial charge in [0.1, 0.15) is 10.9 Å². The Morgan fingerprint density at radius 2 is 1.92 bits per heavy atom. The third-order valence-corrected chi connectivity index (χ3v) is 6.21. The SMILES string of the molecule is CC1C(=O)Nc2ccc(Cl)cc2S(=O)(=O)N1CC=Cc1ccccc1. The van der Waals surface area contributed by atoms with Gasteiger partial charge in [0.2, 0.25) is 15.9 Å². The molecule has 5 nitrogen and oxygen atoms in total. The molecule has 0 saturated heterocycles. The molecule has 0 aliphatic carbocycles. The minimum Gasteiger partial charge on any atom is -0.323 e. The molecule has 0 fully saturated rings. The molecule has 1 N–H and O–H groups in total. The molecular weight excluding hydrogens is 360 g/mol. The van der Waals surface area contributed by atoms with Gasteiger partial charge in [-0.3, -0.25) is 4.79 Å². The fraction of sp³-hybridized carbons (Fsp3) is 0.167. The number of amides is 1. The molecule has 7 heteroatoms. The van der Waals surface area contributed by atoms with Crippen LogP contribution in [0.15, 0.2) is 59.5 Å². The molecule has 1 amide bonds. The van der Waals surface area contributed by atoms with E-state index >= 15 is 0 Å². The number of carbonyl (C=O) groups excluding carboxylic acids is 1. The molecule has 130 valence electrons. The molecular formula is C18H17ClN2O3S. The van der Waals surface area contributed by atoms with E-state index in [9.17, 15) is 13.2 Å². The first-order valence-corrected chi connectivity index (χ1v) is 9.55. The number of fused-ring (bicyclic) bond motifs is 1. The molecule has 0 bridgehead atoms. The minimum atomic E-state index is -3.86. The van der Waals surface area contributed by atoms with Gasteiger partial charge in [-0.1, -0.05) is 54.1 Å².